The normalized spacial score (nSPS) is 23.1. The maximum Gasteiger partial charge on any atom is 0.252 e. The van der Waals surface area contributed by atoms with Gasteiger partial charge in [0.05, 0.1) is 10.6 Å². The molecule has 0 saturated heterocycles. The summed E-state index contributed by atoms with van der Waals surface area (Å²) in [6.07, 6.45) is 4.54. The van der Waals surface area contributed by atoms with Gasteiger partial charge in [0, 0.05) is 11.4 Å². The molecular weight excluding hydrogens is 333 g/mol. The maximum absolute atomic E-state index is 12.9. The minimum absolute atomic E-state index is 0.154. The summed E-state index contributed by atoms with van der Waals surface area (Å²) in [6.45, 7) is 0.659. The van der Waals surface area contributed by atoms with Crippen LogP contribution in [0.15, 0.2) is 18.2 Å². The molecule has 0 spiro atoms. The van der Waals surface area contributed by atoms with Crippen molar-refractivity contribution in [2.24, 2.45) is 5.92 Å². The zero-order chi connectivity index (χ0) is 13.8. The number of halogens is 3. The van der Waals surface area contributed by atoms with E-state index < -0.39 is 5.82 Å². The van der Waals surface area contributed by atoms with Crippen LogP contribution in [0.5, 0.6) is 0 Å². The molecule has 1 aromatic rings. The number of carbonyl (C=O) groups is 1. The van der Waals surface area contributed by atoms with E-state index >= 15 is 0 Å². The smallest absolute Gasteiger partial charge is 0.252 e. The standard InChI is InChI=1S/C14H16BrClFNO/c15-10-3-1-9(2-4-10)8-18-14(19)12-6-5-11(17)7-13(12)16/h5-7,9-10H,1-4,8H2,(H,18,19). The first-order chi connectivity index (χ1) is 9.06. The average Bonchev–Trinajstić information content (AvgIpc) is 2.37. The van der Waals surface area contributed by atoms with Gasteiger partial charge in [-0.05, 0) is 49.8 Å². The van der Waals surface area contributed by atoms with Gasteiger partial charge in [-0.1, -0.05) is 27.5 Å². The first-order valence-corrected chi connectivity index (χ1v) is 7.73. The van der Waals surface area contributed by atoms with E-state index in [-0.39, 0.29) is 10.9 Å². The van der Waals surface area contributed by atoms with Gasteiger partial charge in [-0.2, -0.15) is 0 Å². The lowest BCUT2D eigenvalue weighted by atomic mass is 9.89. The predicted octanol–water partition coefficient (Wildman–Crippen LogP) is 4.16. The van der Waals surface area contributed by atoms with E-state index in [0.29, 0.717) is 22.9 Å². The van der Waals surface area contributed by atoms with Crippen LogP contribution in [0.1, 0.15) is 36.0 Å². The predicted molar refractivity (Wildman–Crippen MR) is 78.4 cm³/mol. The highest BCUT2D eigenvalue weighted by Gasteiger charge is 2.20. The number of amides is 1. The molecular formula is C14H16BrClFNO. The van der Waals surface area contributed by atoms with Gasteiger partial charge in [-0.15, -0.1) is 0 Å². The summed E-state index contributed by atoms with van der Waals surface area (Å²) in [5.74, 6) is -0.139. The number of rotatable bonds is 3. The molecule has 1 saturated carbocycles. The molecule has 104 valence electrons. The van der Waals surface area contributed by atoms with Crippen LogP contribution in [0.4, 0.5) is 4.39 Å². The van der Waals surface area contributed by atoms with Crippen LogP contribution < -0.4 is 5.32 Å². The summed E-state index contributed by atoms with van der Waals surface area (Å²) in [5, 5.41) is 3.04. The minimum atomic E-state index is -0.433. The Morgan fingerprint density at radius 2 is 2.05 bits per heavy atom. The molecule has 0 aliphatic heterocycles. The van der Waals surface area contributed by atoms with E-state index in [2.05, 4.69) is 21.2 Å². The van der Waals surface area contributed by atoms with Crippen LogP contribution in [0.3, 0.4) is 0 Å². The average molecular weight is 349 g/mol. The number of alkyl halides is 1. The molecule has 1 aliphatic carbocycles. The van der Waals surface area contributed by atoms with Gasteiger partial charge in [0.25, 0.3) is 5.91 Å². The Morgan fingerprint density at radius 1 is 1.37 bits per heavy atom. The largest absolute Gasteiger partial charge is 0.352 e. The number of benzene rings is 1. The monoisotopic (exact) mass is 347 g/mol. The third-order valence-corrected chi connectivity index (χ3v) is 4.73. The molecule has 2 rings (SSSR count). The van der Waals surface area contributed by atoms with Crippen molar-refractivity contribution in [3.63, 3.8) is 0 Å². The highest BCUT2D eigenvalue weighted by Crippen LogP contribution is 2.28. The SMILES string of the molecule is O=C(NCC1CCC(Br)CC1)c1ccc(F)cc1Cl. The third kappa shape index (κ3) is 4.18. The van der Waals surface area contributed by atoms with Crippen molar-refractivity contribution in [2.75, 3.05) is 6.54 Å². The number of carbonyl (C=O) groups excluding carboxylic acids is 1. The Balaban J connectivity index is 1.87. The second-order valence-electron chi connectivity index (χ2n) is 4.95. The Labute approximate surface area is 125 Å². The molecule has 1 aromatic carbocycles. The highest BCUT2D eigenvalue weighted by atomic mass is 79.9. The lowest BCUT2D eigenvalue weighted by Gasteiger charge is -2.25. The van der Waals surface area contributed by atoms with Crippen LogP contribution >= 0.6 is 27.5 Å². The van der Waals surface area contributed by atoms with Crippen LogP contribution in [0.2, 0.25) is 5.02 Å². The van der Waals surface area contributed by atoms with E-state index in [1.165, 1.54) is 12.1 Å². The van der Waals surface area contributed by atoms with Gasteiger partial charge in [0.2, 0.25) is 0 Å². The Bertz CT molecular complexity index is 461. The molecule has 1 amide bonds. The zero-order valence-electron chi connectivity index (χ0n) is 10.5. The van der Waals surface area contributed by atoms with Crippen LogP contribution in [-0.2, 0) is 0 Å². The minimum Gasteiger partial charge on any atom is -0.352 e. The number of nitrogens with one attached hydrogen (secondary N) is 1. The first-order valence-electron chi connectivity index (χ1n) is 6.43. The van der Waals surface area contributed by atoms with Crippen molar-refractivity contribution in [3.8, 4) is 0 Å². The zero-order valence-corrected chi connectivity index (χ0v) is 12.8. The maximum atomic E-state index is 12.9. The van der Waals surface area contributed by atoms with Gasteiger partial charge in [-0.25, -0.2) is 4.39 Å². The van der Waals surface area contributed by atoms with Gasteiger partial charge in [0.15, 0.2) is 0 Å². The summed E-state index contributed by atoms with van der Waals surface area (Å²) < 4.78 is 12.9. The van der Waals surface area contributed by atoms with Crippen molar-refractivity contribution in [1.29, 1.82) is 0 Å². The Kier molecular flexibility index (Phi) is 5.22. The quantitative estimate of drug-likeness (QED) is 0.816. The van der Waals surface area contributed by atoms with Crippen LogP contribution in [0, 0.1) is 11.7 Å². The van der Waals surface area contributed by atoms with Crippen molar-refractivity contribution in [2.45, 2.75) is 30.5 Å². The van der Waals surface area contributed by atoms with E-state index in [0.717, 1.165) is 31.7 Å². The summed E-state index contributed by atoms with van der Waals surface area (Å²) in [7, 11) is 0. The van der Waals surface area contributed by atoms with Crippen molar-refractivity contribution in [3.05, 3.63) is 34.6 Å². The lowest BCUT2D eigenvalue weighted by molar-refractivity contribution is 0.0944. The molecule has 1 aliphatic rings. The molecule has 2 nitrogen and oxygen atoms in total. The highest BCUT2D eigenvalue weighted by molar-refractivity contribution is 9.09. The van der Waals surface area contributed by atoms with Gasteiger partial charge in [0.1, 0.15) is 5.82 Å². The fourth-order valence-corrected chi connectivity index (χ4v) is 3.11. The molecule has 0 heterocycles. The van der Waals surface area contributed by atoms with Gasteiger partial charge >= 0.3 is 0 Å². The van der Waals surface area contributed by atoms with E-state index in [1.807, 2.05) is 0 Å². The molecule has 0 radical (unpaired) electrons. The Hall–Kier alpha value is -0.610. The topological polar surface area (TPSA) is 29.1 Å². The first kappa shape index (κ1) is 14.8. The van der Waals surface area contributed by atoms with Gasteiger partial charge < -0.3 is 5.32 Å². The molecule has 5 heteroatoms. The second-order valence-corrected chi connectivity index (χ2v) is 6.65. The number of hydrogen-bond donors (Lipinski definition) is 1. The fraction of sp³-hybridized carbons (Fsp3) is 0.500. The molecule has 1 N–H and O–H groups in total. The van der Waals surface area contributed by atoms with E-state index in [1.54, 1.807) is 0 Å². The van der Waals surface area contributed by atoms with Crippen molar-refractivity contribution >= 4 is 33.4 Å². The summed E-state index contributed by atoms with van der Waals surface area (Å²) in [4.78, 5) is 12.6. The second kappa shape index (κ2) is 6.71. The van der Waals surface area contributed by atoms with E-state index in [4.69, 9.17) is 11.6 Å². The molecule has 0 aromatic heterocycles. The molecule has 0 unspecified atom stereocenters. The third-order valence-electron chi connectivity index (χ3n) is 3.50. The summed E-state index contributed by atoms with van der Waals surface area (Å²) in [6, 6.07) is 3.83. The number of hydrogen-bond acceptors (Lipinski definition) is 1. The molecule has 0 bridgehead atoms. The van der Waals surface area contributed by atoms with Gasteiger partial charge in [-0.3, -0.25) is 4.79 Å². The molecule has 19 heavy (non-hydrogen) atoms. The van der Waals surface area contributed by atoms with Crippen LogP contribution in [-0.4, -0.2) is 17.3 Å². The Morgan fingerprint density at radius 3 is 2.68 bits per heavy atom. The summed E-state index contributed by atoms with van der Waals surface area (Å²) >= 11 is 9.47. The van der Waals surface area contributed by atoms with E-state index in [9.17, 15) is 9.18 Å². The summed E-state index contributed by atoms with van der Waals surface area (Å²) in [5.41, 5.74) is 0.331. The van der Waals surface area contributed by atoms with Crippen molar-refractivity contribution < 1.29 is 9.18 Å². The molecule has 0 atom stereocenters. The van der Waals surface area contributed by atoms with Crippen molar-refractivity contribution in [1.82, 2.24) is 5.32 Å². The lowest BCUT2D eigenvalue weighted by Crippen LogP contribution is -2.31. The fourth-order valence-electron chi connectivity index (χ4n) is 2.33. The van der Waals surface area contributed by atoms with Crippen LogP contribution in [0.25, 0.3) is 0 Å². The molecule has 1 fully saturated rings.